The van der Waals surface area contributed by atoms with Crippen LogP contribution in [0.4, 0.5) is 5.69 Å². The first-order valence-corrected chi connectivity index (χ1v) is 4.62. The molecule has 76 valence electrons. The highest BCUT2D eigenvalue weighted by atomic mass is 16.5. The average molecular weight is 193 g/mol. The number of nitrogen functional groups attached to an aromatic ring is 1. The number of hydrogen-bond acceptors (Lipinski definition) is 3. The molecule has 3 heteroatoms. The molecular weight excluding hydrogens is 178 g/mol. The van der Waals surface area contributed by atoms with Crippen molar-refractivity contribution in [2.45, 2.75) is 12.8 Å². The third-order valence-corrected chi connectivity index (χ3v) is 2.01. The third-order valence-electron chi connectivity index (χ3n) is 2.01. The molecule has 0 amide bonds. The fourth-order valence-corrected chi connectivity index (χ4v) is 1.26. The molecule has 0 fully saturated rings. The molecule has 0 saturated carbocycles. The number of rotatable bonds is 5. The Bertz CT molecular complexity index is 310. The van der Waals surface area contributed by atoms with Crippen molar-refractivity contribution in [3.8, 4) is 0 Å². The van der Waals surface area contributed by atoms with Crippen LogP contribution in [0.25, 0.3) is 0 Å². The van der Waals surface area contributed by atoms with Gasteiger partial charge in [0, 0.05) is 31.4 Å². The number of benzene rings is 1. The molecule has 0 radical (unpaired) electrons. The zero-order valence-corrected chi connectivity index (χ0v) is 8.32. The van der Waals surface area contributed by atoms with Crippen LogP contribution in [0, 0.1) is 0 Å². The van der Waals surface area contributed by atoms with Gasteiger partial charge in [-0.1, -0.05) is 12.1 Å². The van der Waals surface area contributed by atoms with Gasteiger partial charge in [-0.3, -0.25) is 4.79 Å². The maximum atomic E-state index is 11.6. The predicted molar refractivity (Wildman–Crippen MR) is 56.3 cm³/mol. The topological polar surface area (TPSA) is 52.3 Å². The first kappa shape index (κ1) is 10.7. The van der Waals surface area contributed by atoms with Crippen molar-refractivity contribution in [1.29, 1.82) is 0 Å². The smallest absolute Gasteiger partial charge is 0.165 e. The summed E-state index contributed by atoms with van der Waals surface area (Å²) in [5.74, 6) is 0.0835. The van der Waals surface area contributed by atoms with E-state index in [1.165, 1.54) is 0 Å². The lowest BCUT2D eigenvalue weighted by molar-refractivity contribution is 0.0964. The summed E-state index contributed by atoms with van der Waals surface area (Å²) < 4.78 is 4.87. The molecule has 0 aromatic heterocycles. The molecule has 3 nitrogen and oxygen atoms in total. The number of ketones is 1. The Morgan fingerprint density at radius 1 is 1.43 bits per heavy atom. The summed E-state index contributed by atoms with van der Waals surface area (Å²) in [5.41, 5.74) is 6.84. The van der Waals surface area contributed by atoms with Gasteiger partial charge < -0.3 is 10.5 Å². The molecule has 0 saturated heterocycles. The van der Waals surface area contributed by atoms with Crippen molar-refractivity contribution < 1.29 is 9.53 Å². The zero-order valence-electron chi connectivity index (χ0n) is 8.32. The maximum absolute atomic E-state index is 11.6. The first-order valence-electron chi connectivity index (χ1n) is 4.62. The minimum absolute atomic E-state index is 0.0835. The van der Waals surface area contributed by atoms with Crippen LogP contribution in [0.5, 0.6) is 0 Å². The van der Waals surface area contributed by atoms with Crippen LogP contribution in [0.3, 0.4) is 0 Å². The summed E-state index contributed by atoms with van der Waals surface area (Å²) in [6, 6.07) is 7.13. The van der Waals surface area contributed by atoms with Crippen molar-refractivity contribution in [3.63, 3.8) is 0 Å². The van der Waals surface area contributed by atoms with E-state index < -0.39 is 0 Å². The highest BCUT2D eigenvalue weighted by molar-refractivity contribution is 6.00. The number of hydrogen-bond donors (Lipinski definition) is 1. The minimum Gasteiger partial charge on any atom is -0.398 e. The Balaban J connectivity index is 2.56. The summed E-state index contributed by atoms with van der Waals surface area (Å²) in [6.07, 6.45) is 1.23. The van der Waals surface area contributed by atoms with Gasteiger partial charge in [-0.05, 0) is 18.6 Å². The van der Waals surface area contributed by atoms with E-state index in [9.17, 15) is 4.79 Å². The lowest BCUT2D eigenvalue weighted by atomic mass is 10.1. The Kier molecular flexibility index (Phi) is 4.13. The van der Waals surface area contributed by atoms with Crippen molar-refractivity contribution in [2.75, 3.05) is 19.5 Å². The normalized spacial score (nSPS) is 10.1. The van der Waals surface area contributed by atoms with Gasteiger partial charge in [0.25, 0.3) is 0 Å². The monoisotopic (exact) mass is 193 g/mol. The minimum atomic E-state index is 0.0835. The summed E-state index contributed by atoms with van der Waals surface area (Å²) >= 11 is 0. The molecule has 0 aliphatic carbocycles. The number of carbonyl (C=O) groups excluding carboxylic acids is 1. The molecule has 0 atom stereocenters. The average Bonchev–Trinajstić information content (AvgIpc) is 2.18. The standard InChI is InChI=1S/C11H15NO2/c1-14-8-4-7-11(13)9-5-2-3-6-10(9)12/h2-3,5-6H,4,7-8,12H2,1H3. The molecule has 1 rings (SSSR count). The van der Waals surface area contributed by atoms with E-state index in [1.54, 1.807) is 19.2 Å². The Hall–Kier alpha value is -1.35. The third kappa shape index (κ3) is 2.85. The number of Topliss-reactive ketones (excluding diaryl/α,β-unsaturated/α-hetero) is 1. The Labute approximate surface area is 83.9 Å². The molecule has 1 aromatic rings. The van der Waals surface area contributed by atoms with E-state index in [4.69, 9.17) is 10.5 Å². The van der Waals surface area contributed by atoms with Gasteiger partial charge >= 0.3 is 0 Å². The lowest BCUT2D eigenvalue weighted by Crippen LogP contribution is -2.04. The number of methoxy groups -OCH3 is 1. The van der Waals surface area contributed by atoms with Crippen molar-refractivity contribution in [1.82, 2.24) is 0 Å². The van der Waals surface area contributed by atoms with Gasteiger partial charge in [-0.25, -0.2) is 0 Å². The molecule has 14 heavy (non-hydrogen) atoms. The van der Waals surface area contributed by atoms with Crippen LogP contribution in [0.1, 0.15) is 23.2 Å². The van der Waals surface area contributed by atoms with Gasteiger partial charge in [-0.2, -0.15) is 0 Å². The van der Waals surface area contributed by atoms with Crippen LogP contribution in [0.15, 0.2) is 24.3 Å². The van der Waals surface area contributed by atoms with E-state index in [0.29, 0.717) is 24.3 Å². The van der Waals surface area contributed by atoms with Crippen molar-refractivity contribution in [3.05, 3.63) is 29.8 Å². The molecule has 0 bridgehead atoms. The van der Waals surface area contributed by atoms with Gasteiger partial charge in [0.15, 0.2) is 5.78 Å². The summed E-state index contributed by atoms with van der Waals surface area (Å²) in [5, 5.41) is 0. The zero-order chi connectivity index (χ0) is 10.4. The molecule has 0 aliphatic heterocycles. The highest BCUT2D eigenvalue weighted by Crippen LogP contribution is 2.13. The number of para-hydroxylation sites is 1. The highest BCUT2D eigenvalue weighted by Gasteiger charge is 2.07. The van der Waals surface area contributed by atoms with Crippen LogP contribution in [-0.2, 0) is 4.74 Å². The first-order chi connectivity index (χ1) is 6.75. The van der Waals surface area contributed by atoms with Crippen LogP contribution >= 0.6 is 0 Å². The molecule has 0 aliphatic rings. The second-order valence-electron chi connectivity index (χ2n) is 3.11. The van der Waals surface area contributed by atoms with E-state index in [2.05, 4.69) is 0 Å². The Morgan fingerprint density at radius 2 is 2.14 bits per heavy atom. The van der Waals surface area contributed by atoms with Gasteiger partial charge in [-0.15, -0.1) is 0 Å². The quantitative estimate of drug-likeness (QED) is 0.441. The van der Waals surface area contributed by atoms with E-state index in [0.717, 1.165) is 6.42 Å². The SMILES string of the molecule is COCCCC(=O)c1ccccc1N. The largest absolute Gasteiger partial charge is 0.398 e. The maximum Gasteiger partial charge on any atom is 0.165 e. The van der Waals surface area contributed by atoms with Gasteiger partial charge in [0.1, 0.15) is 0 Å². The molecule has 2 N–H and O–H groups in total. The summed E-state index contributed by atoms with van der Waals surface area (Å²) in [6.45, 7) is 0.610. The van der Waals surface area contributed by atoms with Gasteiger partial charge in [0.05, 0.1) is 0 Å². The molecule has 0 unspecified atom stereocenters. The fourth-order valence-electron chi connectivity index (χ4n) is 1.26. The lowest BCUT2D eigenvalue weighted by Gasteiger charge is -2.03. The number of anilines is 1. The van der Waals surface area contributed by atoms with E-state index in [1.807, 2.05) is 12.1 Å². The molecule has 0 spiro atoms. The second-order valence-corrected chi connectivity index (χ2v) is 3.11. The molecule has 0 heterocycles. The molecular formula is C11H15NO2. The summed E-state index contributed by atoms with van der Waals surface area (Å²) in [4.78, 5) is 11.6. The second kappa shape index (κ2) is 5.40. The number of nitrogens with two attached hydrogens (primary N) is 1. The number of carbonyl (C=O) groups is 1. The van der Waals surface area contributed by atoms with Crippen LogP contribution < -0.4 is 5.73 Å². The van der Waals surface area contributed by atoms with Crippen LogP contribution in [0.2, 0.25) is 0 Å². The van der Waals surface area contributed by atoms with E-state index in [-0.39, 0.29) is 5.78 Å². The number of ether oxygens (including phenoxy) is 1. The van der Waals surface area contributed by atoms with Crippen molar-refractivity contribution >= 4 is 11.5 Å². The van der Waals surface area contributed by atoms with E-state index >= 15 is 0 Å². The molecule has 1 aromatic carbocycles. The predicted octanol–water partition coefficient (Wildman–Crippen LogP) is 1.88. The Morgan fingerprint density at radius 3 is 2.79 bits per heavy atom. The van der Waals surface area contributed by atoms with Crippen molar-refractivity contribution in [2.24, 2.45) is 0 Å². The van der Waals surface area contributed by atoms with Gasteiger partial charge in [0.2, 0.25) is 0 Å². The summed E-state index contributed by atoms with van der Waals surface area (Å²) in [7, 11) is 1.63. The fraction of sp³-hybridized carbons (Fsp3) is 0.364. The van der Waals surface area contributed by atoms with Crippen LogP contribution in [-0.4, -0.2) is 19.5 Å².